The van der Waals surface area contributed by atoms with E-state index >= 15 is 0 Å². The first-order valence-electron chi connectivity index (χ1n) is 8.62. The first kappa shape index (κ1) is 22.6. The van der Waals surface area contributed by atoms with E-state index in [9.17, 15) is 13.6 Å². The Balaban J connectivity index is 0.00000338. The fraction of sp³-hybridized carbons (Fsp3) is 0.556. The van der Waals surface area contributed by atoms with Crippen molar-refractivity contribution in [3.05, 3.63) is 35.4 Å². The summed E-state index contributed by atoms with van der Waals surface area (Å²) in [5.74, 6) is -0.597. The molecule has 0 radical (unpaired) electrons. The van der Waals surface area contributed by atoms with Crippen LogP contribution in [0, 0.1) is 17.6 Å². The van der Waals surface area contributed by atoms with Crippen LogP contribution >= 0.6 is 24.0 Å². The largest absolute Gasteiger partial charge is 0.466 e. The Morgan fingerprint density at radius 3 is 2.46 bits per heavy atom. The highest BCUT2D eigenvalue weighted by Gasteiger charge is 2.27. The predicted octanol–water partition coefficient (Wildman–Crippen LogP) is 2.98. The molecule has 1 heterocycles. The van der Waals surface area contributed by atoms with Crippen molar-refractivity contribution in [3.8, 4) is 0 Å². The van der Waals surface area contributed by atoms with Crippen LogP contribution in [-0.2, 0) is 16.0 Å². The van der Waals surface area contributed by atoms with Gasteiger partial charge in [0.2, 0.25) is 0 Å². The minimum atomic E-state index is -0.535. The summed E-state index contributed by atoms with van der Waals surface area (Å²) in [4.78, 5) is 18.1. The van der Waals surface area contributed by atoms with Crippen LogP contribution in [0.3, 0.4) is 0 Å². The highest BCUT2D eigenvalue weighted by Crippen LogP contribution is 2.19. The number of halogens is 3. The second-order valence-corrected chi connectivity index (χ2v) is 5.94. The number of benzene rings is 1. The zero-order valence-corrected chi connectivity index (χ0v) is 17.5. The first-order chi connectivity index (χ1) is 12.1. The molecule has 1 aromatic rings. The van der Waals surface area contributed by atoms with E-state index in [4.69, 9.17) is 4.74 Å². The summed E-state index contributed by atoms with van der Waals surface area (Å²) < 4.78 is 32.3. The van der Waals surface area contributed by atoms with E-state index in [0.717, 1.165) is 0 Å². The highest BCUT2D eigenvalue weighted by atomic mass is 127. The summed E-state index contributed by atoms with van der Waals surface area (Å²) in [5, 5.41) is 3.14. The molecular weight excluding hydrogens is 455 g/mol. The van der Waals surface area contributed by atoms with Gasteiger partial charge in [-0.05, 0) is 38.3 Å². The number of rotatable bonds is 5. The second-order valence-electron chi connectivity index (χ2n) is 5.94. The topological polar surface area (TPSA) is 53.9 Å². The van der Waals surface area contributed by atoms with Crippen molar-refractivity contribution >= 4 is 35.9 Å². The lowest BCUT2D eigenvalue weighted by atomic mass is 9.97. The van der Waals surface area contributed by atoms with Gasteiger partial charge in [0.15, 0.2) is 5.96 Å². The third kappa shape index (κ3) is 6.07. The van der Waals surface area contributed by atoms with Gasteiger partial charge in [-0.3, -0.25) is 9.79 Å². The van der Waals surface area contributed by atoms with Crippen molar-refractivity contribution in [2.75, 3.05) is 33.3 Å². The van der Waals surface area contributed by atoms with Gasteiger partial charge in [0, 0.05) is 32.2 Å². The molecule has 0 aromatic heterocycles. The molecule has 1 saturated heterocycles. The maximum atomic E-state index is 13.6. The Bertz CT molecular complexity index is 600. The molecular formula is C18H26F2IN3O2. The Morgan fingerprint density at radius 2 is 1.92 bits per heavy atom. The number of piperidine rings is 1. The number of nitrogens with one attached hydrogen (secondary N) is 1. The summed E-state index contributed by atoms with van der Waals surface area (Å²) in [7, 11) is 1.67. The Hall–Kier alpha value is -1.45. The summed E-state index contributed by atoms with van der Waals surface area (Å²) in [6, 6.07) is 3.87. The van der Waals surface area contributed by atoms with Crippen molar-refractivity contribution in [1.29, 1.82) is 0 Å². The van der Waals surface area contributed by atoms with Crippen molar-refractivity contribution in [2.24, 2.45) is 10.9 Å². The van der Waals surface area contributed by atoms with Crippen LogP contribution in [0.15, 0.2) is 23.2 Å². The fourth-order valence-corrected chi connectivity index (χ4v) is 2.99. The van der Waals surface area contributed by atoms with Crippen LogP contribution in [0.25, 0.3) is 0 Å². The number of carbonyl (C=O) groups excluding carboxylic acids is 1. The van der Waals surface area contributed by atoms with E-state index in [2.05, 4.69) is 10.3 Å². The molecule has 0 bridgehead atoms. The molecule has 26 heavy (non-hydrogen) atoms. The van der Waals surface area contributed by atoms with Crippen molar-refractivity contribution in [2.45, 2.75) is 26.2 Å². The highest BCUT2D eigenvalue weighted by molar-refractivity contribution is 14.0. The Kier molecular flexibility index (Phi) is 9.82. The molecule has 0 atom stereocenters. The first-order valence-corrected chi connectivity index (χ1v) is 8.62. The average molecular weight is 481 g/mol. The van der Waals surface area contributed by atoms with E-state index < -0.39 is 11.6 Å². The van der Waals surface area contributed by atoms with Crippen LogP contribution in [0.2, 0.25) is 0 Å². The Morgan fingerprint density at radius 1 is 1.31 bits per heavy atom. The molecule has 1 N–H and O–H groups in total. The SMILES string of the molecule is CCOC(=O)C1CCN(C(=NC)NCCc2c(F)cccc2F)CC1.I. The summed E-state index contributed by atoms with van der Waals surface area (Å²) in [6.07, 6.45) is 1.65. The van der Waals surface area contributed by atoms with Crippen molar-refractivity contribution in [3.63, 3.8) is 0 Å². The summed E-state index contributed by atoms with van der Waals surface area (Å²) >= 11 is 0. The molecule has 1 fully saturated rings. The molecule has 146 valence electrons. The zero-order valence-electron chi connectivity index (χ0n) is 15.1. The van der Waals surface area contributed by atoms with Gasteiger partial charge in [-0.15, -0.1) is 24.0 Å². The second kappa shape index (κ2) is 11.3. The minimum Gasteiger partial charge on any atom is -0.466 e. The van der Waals surface area contributed by atoms with Crippen LogP contribution in [-0.4, -0.2) is 50.1 Å². The smallest absolute Gasteiger partial charge is 0.309 e. The van der Waals surface area contributed by atoms with Gasteiger partial charge >= 0.3 is 5.97 Å². The molecule has 8 heteroatoms. The molecule has 1 aliphatic heterocycles. The number of esters is 1. The van der Waals surface area contributed by atoms with E-state index in [1.807, 2.05) is 4.90 Å². The lowest BCUT2D eigenvalue weighted by molar-refractivity contribution is -0.149. The molecule has 1 aliphatic rings. The lowest BCUT2D eigenvalue weighted by Gasteiger charge is -2.33. The number of carbonyl (C=O) groups is 1. The van der Waals surface area contributed by atoms with Gasteiger partial charge < -0.3 is 15.0 Å². The zero-order chi connectivity index (χ0) is 18.2. The summed E-state index contributed by atoms with van der Waals surface area (Å²) in [6.45, 7) is 3.96. The molecule has 5 nitrogen and oxygen atoms in total. The predicted molar refractivity (Wildman–Crippen MR) is 108 cm³/mol. The van der Waals surface area contributed by atoms with Crippen LogP contribution in [0.4, 0.5) is 8.78 Å². The number of hydrogen-bond acceptors (Lipinski definition) is 3. The van der Waals surface area contributed by atoms with Gasteiger partial charge in [-0.25, -0.2) is 8.78 Å². The third-order valence-corrected chi connectivity index (χ3v) is 4.35. The van der Waals surface area contributed by atoms with E-state index in [1.165, 1.54) is 18.2 Å². The van der Waals surface area contributed by atoms with Crippen LogP contribution < -0.4 is 5.32 Å². The molecule has 0 aliphatic carbocycles. The van der Waals surface area contributed by atoms with Crippen molar-refractivity contribution < 1.29 is 18.3 Å². The van der Waals surface area contributed by atoms with Crippen molar-refractivity contribution in [1.82, 2.24) is 10.2 Å². The maximum absolute atomic E-state index is 13.6. The van der Waals surface area contributed by atoms with Gasteiger partial charge in [0.25, 0.3) is 0 Å². The lowest BCUT2D eigenvalue weighted by Crippen LogP contribution is -2.47. The van der Waals surface area contributed by atoms with Gasteiger partial charge in [-0.1, -0.05) is 6.07 Å². The molecule has 0 saturated carbocycles. The number of nitrogens with zero attached hydrogens (tertiary/aromatic N) is 2. The fourth-order valence-electron chi connectivity index (χ4n) is 2.99. The number of aliphatic imine (C=N–C) groups is 1. The molecule has 0 amide bonds. The number of hydrogen-bond donors (Lipinski definition) is 1. The maximum Gasteiger partial charge on any atom is 0.309 e. The molecule has 0 unspecified atom stereocenters. The number of ether oxygens (including phenoxy) is 1. The van der Waals surface area contributed by atoms with E-state index in [-0.39, 0.29) is 47.8 Å². The van der Waals surface area contributed by atoms with Gasteiger partial charge in [0.05, 0.1) is 12.5 Å². The van der Waals surface area contributed by atoms with Crippen LogP contribution in [0.5, 0.6) is 0 Å². The quantitative estimate of drug-likeness (QED) is 0.304. The average Bonchev–Trinajstić information content (AvgIpc) is 2.61. The van der Waals surface area contributed by atoms with Gasteiger partial charge in [-0.2, -0.15) is 0 Å². The standard InChI is InChI=1S/C18H25F2N3O2.HI/c1-3-25-17(24)13-8-11-23(12-9-13)18(21-2)22-10-7-14-15(19)5-4-6-16(14)20;/h4-6,13H,3,7-12H2,1-2H3,(H,21,22);1H. The number of likely N-dealkylation sites (tertiary alicyclic amines) is 1. The monoisotopic (exact) mass is 481 g/mol. The minimum absolute atomic E-state index is 0. The third-order valence-electron chi connectivity index (χ3n) is 4.35. The summed E-state index contributed by atoms with van der Waals surface area (Å²) in [5.41, 5.74) is 0.0754. The van der Waals surface area contributed by atoms with E-state index in [1.54, 1.807) is 14.0 Å². The number of guanidine groups is 1. The molecule has 2 rings (SSSR count). The molecule has 0 spiro atoms. The Labute approximate surface area is 170 Å². The normalized spacial score (nSPS) is 15.4. The van der Waals surface area contributed by atoms with Crippen LogP contribution in [0.1, 0.15) is 25.3 Å². The molecule has 1 aromatic carbocycles. The van der Waals surface area contributed by atoms with Gasteiger partial charge in [0.1, 0.15) is 11.6 Å². The van der Waals surface area contributed by atoms with E-state index in [0.29, 0.717) is 45.0 Å².